The van der Waals surface area contributed by atoms with Gasteiger partial charge in [0.1, 0.15) is 18.2 Å². The Kier molecular flexibility index (Phi) is 17.1. The number of piperidine rings is 1. The summed E-state index contributed by atoms with van der Waals surface area (Å²) in [6.07, 6.45) is 18.6. The van der Waals surface area contributed by atoms with Crippen LogP contribution in [-0.4, -0.2) is 92.1 Å². The number of para-hydroxylation sites is 1. The summed E-state index contributed by atoms with van der Waals surface area (Å²) in [4.78, 5) is 85.7. The van der Waals surface area contributed by atoms with Crippen LogP contribution in [0.3, 0.4) is 0 Å². The second-order valence-electron chi connectivity index (χ2n) is 16.7. The van der Waals surface area contributed by atoms with Crippen molar-refractivity contribution in [2.24, 2.45) is 5.92 Å². The number of benzene rings is 1. The van der Waals surface area contributed by atoms with E-state index < -0.39 is 23.9 Å². The molecular weight excluding hydrogens is 900 g/mol. The molecule has 1 saturated heterocycles. The lowest BCUT2D eigenvalue weighted by Gasteiger charge is -2.33. The summed E-state index contributed by atoms with van der Waals surface area (Å²) in [6, 6.07) is 15.1. The van der Waals surface area contributed by atoms with E-state index in [1.165, 1.54) is 44.9 Å². The fourth-order valence-electron chi connectivity index (χ4n) is 8.10. The molecule has 0 spiro atoms. The highest BCUT2D eigenvalue weighted by atomic mass is 19.1. The van der Waals surface area contributed by atoms with Gasteiger partial charge in [0.05, 0.1) is 71.1 Å². The normalized spacial score (nSPS) is 13.2. The maximum atomic E-state index is 13.5. The maximum absolute atomic E-state index is 13.5. The number of methoxy groups -OCH3 is 1. The predicted molar refractivity (Wildman–Crippen MR) is 262 cm³/mol. The summed E-state index contributed by atoms with van der Waals surface area (Å²) in [5.74, 6) is -1.31. The van der Waals surface area contributed by atoms with Gasteiger partial charge in [0.25, 0.3) is 17.4 Å². The number of carbonyl (C=O) groups excluding carboxylic acids is 3. The van der Waals surface area contributed by atoms with Crippen molar-refractivity contribution >= 4 is 58.1 Å². The zero-order valence-electron chi connectivity index (χ0n) is 38.9. The number of aryl methyl sites for hydroxylation is 1. The Morgan fingerprint density at radius 2 is 1.61 bits per heavy atom. The number of carboxylic acid groups (broad SMARTS) is 1. The SMILES string of the molecule is CNC(=O)c1cnc(Nc2ccc(C(=O)NCCCCCCCCc3cncc(N4CCCC(C(=O)Nc5ccc(=O)n(CC(=O)O)c5)C4)c3)cn2)cc1Nc1cccc(-c2ncc(F)cn2)c1OC. The van der Waals surface area contributed by atoms with Gasteiger partial charge in [0, 0.05) is 63.6 Å². The van der Waals surface area contributed by atoms with Crippen molar-refractivity contribution in [1.29, 1.82) is 0 Å². The van der Waals surface area contributed by atoms with Crippen LogP contribution in [0.4, 0.5) is 38.8 Å². The molecule has 1 unspecified atom stereocenters. The number of amides is 3. The van der Waals surface area contributed by atoms with Crippen molar-refractivity contribution in [2.75, 3.05) is 54.6 Å². The minimum Gasteiger partial charge on any atom is -0.494 e. The van der Waals surface area contributed by atoms with E-state index in [-0.39, 0.29) is 35.0 Å². The number of anilines is 6. The average molecular weight is 955 g/mol. The molecule has 0 radical (unpaired) electrons. The van der Waals surface area contributed by atoms with Crippen LogP contribution in [0, 0.1) is 11.7 Å². The average Bonchev–Trinajstić information content (AvgIpc) is 3.37. The molecule has 0 bridgehead atoms. The third-order valence-electron chi connectivity index (χ3n) is 11.7. The highest BCUT2D eigenvalue weighted by Crippen LogP contribution is 2.37. The van der Waals surface area contributed by atoms with Gasteiger partial charge in [-0.1, -0.05) is 31.7 Å². The first-order valence-electron chi connectivity index (χ1n) is 23.0. The number of carboxylic acids is 1. The smallest absolute Gasteiger partial charge is 0.323 e. The minimum absolute atomic E-state index is 0.174. The van der Waals surface area contributed by atoms with Crippen molar-refractivity contribution in [2.45, 2.75) is 64.3 Å². The number of ether oxygens (including phenoxy) is 1. The monoisotopic (exact) mass is 954 g/mol. The second-order valence-corrected chi connectivity index (χ2v) is 16.7. The Balaban J connectivity index is 0.814. The Morgan fingerprint density at radius 1 is 0.829 bits per heavy atom. The van der Waals surface area contributed by atoms with Crippen LogP contribution < -0.4 is 41.8 Å². The number of rotatable bonds is 22. The molecule has 6 heterocycles. The summed E-state index contributed by atoms with van der Waals surface area (Å²) in [5.41, 5.74) is 4.13. The molecule has 1 aliphatic heterocycles. The number of hydrogen-bond acceptors (Lipinski definition) is 14. The maximum Gasteiger partial charge on any atom is 0.323 e. The third-order valence-corrected chi connectivity index (χ3v) is 11.7. The van der Waals surface area contributed by atoms with Crippen LogP contribution in [0.15, 0.2) is 103 Å². The highest BCUT2D eigenvalue weighted by Gasteiger charge is 2.27. The predicted octanol–water partition coefficient (Wildman–Crippen LogP) is 6.74. The van der Waals surface area contributed by atoms with Crippen molar-refractivity contribution in [1.82, 2.24) is 40.1 Å². The van der Waals surface area contributed by atoms with Gasteiger partial charge in [0.2, 0.25) is 5.91 Å². The molecule has 0 aliphatic carbocycles. The summed E-state index contributed by atoms with van der Waals surface area (Å²) in [6.45, 7) is 1.39. The third kappa shape index (κ3) is 13.4. The van der Waals surface area contributed by atoms with Gasteiger partial charge in [-0.25, -0.2) is 24.3 Å². The van der Waals surface area contributed by atoms with Crippen LogP contribution in [0.25, 0.3) is 11.4 Å². The number of nitrogens with zero attached hydrogens (tertiary/aromatic N) is 7. The Morgan fingerprint density at radius 3 is 2.37 bits per heavy atom. The lowest BCUT2D eigenvalue weighted by molar-refractivity contribution is -0.137. The summed E-state index contributed by atoms with van der Waals surface area (Å²) >= 11 is 0. The Labute approximate surface area is 403 Å². The zero-order valence-corrected chi connectivity index (χ0v) is 38.9. The van der Waals surface area contributed by atoms with Gasteiger partial charge in [-0.3, -0.25) is 29.0 Å². The number of aliphatic carboxylic acids is 1. The van der Waals surface area contributed by atoms with Crippen LogP contribution >= 0.6 is 0 Å². The first-order valence-corrected chi connectivity index (χ1v) is 23.0. The topological polar surface area (TPSA) is 248 Å². The molecule has 7 rings (SSSR count). The molecule has 6 aromatic rings. The van der Waals surface area contributed by atoms with Gasteiger partial charge in [-0.15, -0.1) is 0 Å². The molecule has 364 valence electrons. The minimum atomic E-state index is -1.14. The van der Waals surface area contributed by atoms with Crippen LogP contribution in [-0.2, 0) is 22.6 Å². The number of unbranched alkanes of at least 4 members (excludes halogenated alkanes) is 5. The summed E-state index contributed by atoms with van der Waals surface area (Å²) in [5, 5.41) is 23.9. The molecule has 1 fully saturated rings. The van der Waals surface area contributed by atoms with E-state index in [1.807, 2.05) is 12.4 Å². The zero-order chi connectivity index (χ0) is 49.4. The van der Waals surface area contributed by atoms with E-state index >= 15 is 0 Å². The molecule has 1 aromatic carbocycles. The van der Waals surface area contributed by atoms with E-state index in [1.54, 1.807) is 36.4 Å². The van der Waals surface area contributed by atoms with Gasteiger partial charge in [-0.05, 0) is 74.1 Å². The van der Waals surface area contributed by atoms with E-state index in [2.05, 4.69) is 62.5 Å². The standard InChI is InChI=1S/C50H55FN12O7/c1-52-50(69)39-28-56-43(22-41(39)60-40-14-9-13-38(46(40)70-2)47-57-25-35(51)26-58-47)61-42-17-15-33(24-55-42)48(67)54-19-8-6-4-3-5-7-11-32-21-37(27-53-23-32)62-20-10-12-34(29-62)49(68)59-36-16-18-44(64)63(30-36)31-45(65)66/h9,13-18,21-28,30,34H,3-8,10-12,19-20,29,31H2,1-2H3,(H,52,69)(H,54,67)(H,59,68)(H,65,66)(H2,55,56,60,61). The molecule has 19 nitrogen and oxygen atoms in total. The molecule has 1 atom stereocenters. The van der Waals surface area contributed by atoms with Gasteiger partial charge < -0.3 is 45.9 Å². The number of halogens is 1. The quantitative estimate of drug-likeness (QED) is 0.0386. The van der Waals surface area contributed by atoms with E-state index in [0.717, 1.165) is 92.5 Å². The second kappa shape index (κ2) is 24.1. The number of nitrogens with one attached hydrogen (secondary N) is 5. The van der Waals surface area contributed by atoms with Crippen LogP contribution in [0.1, 0.15) is 77.6 Å². The molecule has 20 heteroatoms. The summed E-state index contributed by atoms with van der Waals surface area (Å²) in [7, 11) is 3.00. The number of hydrogen-bond donors (Lipinski definition) is 6. The molecule has 5 aromatic heterocycles. The molecule has 70 heavy (non-hydrogen) atoms. The van der Waals surface area contributed by atoms with Crippen LogP contribution in [0.2, 0.25) is 0 Å². The van der Waals surface area contributed by atoms with Gasteiger partial charge in [-0.2, -0.15) is 0 Å². The number of carbonyl (C=O) groups is 4. The summed E-state index contributed by atoms with van der Waals surface area (Å²) < 4.78 is 20.3. The van der Waals surface area contributed by atoms with Gasteiger partial charge >= 0.3 is 5.97 Å². The van der Waals surface area contributed by atoms with E-state index in [0.29, 0.717) is 58.7 Å². The van der Waals surface area contributed by atoms with Crippen molar-refractivity contribution < 1.29 is 33.4 Å². The highest BCUT2D eigenvalue weighted by molar-refractivity contribution is 6.01. The first kappa shape index (κ1) is 49.6. The molecule has 0 saturated carbocycles. The number of aromatic nitrogens is 6. The van der Waals surface area contributed by atoms with Crippen molar-refractivity contribution in [3.05, 3.63) is 131 Å². The lowest BCUT2D eigenvalue weighted by atomic mass is 9.96. The number of pyridine rings is 4. The Hall–Kier alpha value is -8.29. The molecular formula is C50H55FN12O7. The van der Waals surface area contributed by atoms with Gasteiger partial charge in [0.15, 0.2) is 17.4 Å². The first-order chi connectivity index (χ1) is 34.0. The van der Waals surface area contributed by atoms with E-state index in [9.17, 15) is 28.4 Å². The lowest BCUT2D eigenvalue weighted by Crippen LogP contribution is -2.41. The van der Waals surface area contributed by atoms with E-state index in [4.69, 9.17) is 9.84 Å². The largest absolute Gasteiger partial charge is 0.494 e. The molecule has 3 amide bonds. The Bertz CT molecular complexity index is 2850. The van der Waals surface area contributed by atoms with Crippen molar-refractivity contribution in [3.63, 3.8) is 0 Å². The van der Waals surface area contributed by atoms with Crippen LogP contribution in [0.5, 0.6) is 5.75 Å². The fraction of sp³-hybridized carbons (Fsp3) is 0.320. The molecule has 1 aliphatic rings. The fourth-order valence-corrected chi connectivity index (χ4v) is 8.10. The van der Waals surface area contributed by atoms with Crippen molar-refractivity contribution in [3.8, 4) is 17.1 Å². The molecule has 6 N–H and O–H groups in total.